The quantitative estimate of drug-likeness (QED) is 0.357. The molecule has 138 valence electrons. The lowest BCUT2D eigenvalue weighted by Gasteiger charge is -2.14. The third kappa shape index (κ3) is 4.32. The predicted molar refractivity (Wildman–Crippen MR) is 112 cm³/mol. The van der Waals surface area contributed by atoms with Crippen molar-refractivity contribution in [1.29, 1.82) is 0 Å². The molecule has 1 heterocycles. The number of anilines is 1. The fourth-order valence-electron chi connectivity index (χ4n) is 2.44. The van der Waals surface area contributed by atoms with Crippen molar-refractivity contribution in [2.75, 3.05) is 19.0 Å². The summed E-state index contributed by atoms with van der Waals surface area (Å²) in [6.45, 7) is 0. The molecule has 0 aliphatic rings. The second-order valence-corrected chi connectivity index (χ2v) is 7.83. The molecule has 0 fully saturated rings. The number of nitro groups is 1. The Kier molecular flexibility index (Phi) is 5.52. The van der Waals surface area contributed by atoms with Crippen LogP contribution in [-0.4, -0.2) is 31.1 Å². The van der Waals surface area contributed by atoms with Crippen LogP contribution < -0.4 is 10.3 Å². The number of hydrogen-bond donors (Lipinski definition) is 1. The molecule has 0 saturated heterocycles. The van der Waals surface area contributed by atoms with E-state index in [0.717, 1.165) is 20.4 Å². The Morgan fingerprint density at radius 1 is 1.26 bits per heavy atom. The molecule has 1 aromatic heterocycles. The third-order valence-electron chi connectivity index (χ3n) is 3.77. The summed E-state index contributed by atoms with van der Waals surface area (Å²) < 4.78 is 1.73. The summed E-state index contributed by atoms with van der Waals surface area (Å²) in [7, 11) is 3.90. The molecule has 1 amide bonds. The number of benzene rings is 2. The summed E-state index contributed by atoms with van der Waals surface area (Å²) in [5, 5.41) is 15.5. The monoisotopic (exact) mass is 446 g/mol. The van der Waals surface area contributed by atoms with Crippen molar-refractivity contribution < 1.29 is 9.72 Å². The summed E-state index contributed by atoms with van der Waals surface area (Å²) in [4.78, 5) is 25.1. The molecule has 9 heteroatoms. The number of nitrogens with zero attached hydrogens (tertiary/aromatic N) is 3. The fraction of sp³-hybridized carbons (Fsp3) is 0.111. The van der Waals surface area contributed by atoms with Gasteiger partial charge in [-0.1, -0.05) is 6.07 Å². The van der Waals surface area contributed by atoms with Gasteiger partial charge >= 0.3 is 0 Å². The van der Waals surface area contributed by atoms with Gasteiger partial charge in [-0.15, -0.1) is 11.3 Å². The molecule has 0 atom stereocenters. The van der Waals surface area contributed by atoms with E-state index >= 15 is 0 Å². The van der Waals surface area contributed by atoms with Gasteiger partial charge in [-0.05, 0) is 45.8 Å². The van der Waals surface area contributed by atoms with E-state index in [0.29, 0.717) is 10.3 Å². The van der Waals surface area contributed by atoms with E-state index in [1.165, 1.54) is 23.5 Å². The molecule has 0 aliphatic heterocycles. The number of nitrogens with one attached hydrogen (secondary N) is 1. The topological polar surface area (TPSA) is 87.8 Å². The standard InChI is InChI=1S/C18H15BrN4O3S/c1-22(2)15-5-3-11(7-14(15)19)10-20-21-18(24)17-9-12-8-13(23(25)26)4-6-16(12)27-17/h3-10H,1-2H3,(H,21,24)/b20-10-. The SMILES string of the molecule is CN(C)c1ccc(/C=N\NC(=O)c2cc3cc([N+](=O)[O-])ccc3s2)cc1Br. The average molecular weight is 447 g/mol. The molecular weight excluding hydrogens is 432 g/mol. The van der Waals surface area contributed by atoms with Crippen molar-refractivity contribution in [1.82, 2.24) is 5.43 Å². The zero-order valence-corrected chi connectivity index (χ0v) is 16.9. The third-order valence-corrected chi connectivity index (χ3v) is 5.52. The molecule has 7 nitrogen and oxygen atoms in total. The Bertz CT molecular complexity index is 1060. The molecule has 0 saturated carbocycles. The molecule has 0 unspecified atom stereocenters. The van der Waals surface area contributed by atoms with Gasteiger partial charge in [0.1, 0.15) is 0 Å². The van der Waals surface area contributed by atoms with Crippen LogP contribution in [0.15, 0.2) is 52.0 Å². The number of hydrazone groups is 1. The van der Waals surface area contributed by atoms with E-state index in [9.17, 15) is 14.9 Å². The molecular formula is C18H15BrN4O3S. The first-order valence-electron chi connectivity index (χ1n) is 7.83. The molecule has 27 heavy (non-hydrogen) atoms. The maximum Gasteiger partial charge on any atom is 0.281 e. The smallest absolute Gasteiger partial charge is 0.281 e. The van der Waals surface area contributed by atoms with E-state index in [-0.39, 0.29) is 11.6 Å². The molecule has 2 aromatic carbocycles. The number of carbonyl (C=O) groups excluding carboxylic acids is 1. The first-order chi connectivity index (χ1) is 12.8. The van der Waals surface area contributed by atoms with E-state index in [4.69, 9.17) is 0 Å². The Balaban J connectivity index is 1.72. The maximum atomic E-state index is 12.3. The number of amides is 1. The predicted octanol–water partition coefficient (Wildman–Crippen LogP) is 4.40. The first kappa shape index (κ1) is 19.0. The zero-order chi connectivity index (χ0) is 19.6. The van der Waals surface area contributed by atoms with Gasteiger partial charge in [-0.25, -0.2) is 5.43 Å². The Hall–Kier alpha value is -2.78. The molecule has 0 spiro atoms. The zero-order valence-electron chi connectivity index (χ0n) is 14.5. The highest BCUT2D eigenvalue weighted by atomic mass is 79.9. The normalized spacial score (nSPS) is 11.1. The summed E-state index contributed by atoms with van der Waals surface area (Å²) in [5.41, 5.74) is 4.35. The number of thiophene rings is 1. The lowest BCUT2D eigenvalue weighted by Crippen LogP contribution is -2.16. The van der Waals surface area contributed by atoms with E-state index in [1.807, 2.05) is 37.2 Å². The Morgan fingerprint density at radius 3 is 2.70 bits per heavy atom. The van der Waals surface area contributed by atoms with Gasteiger partial charge in [0.2, 0.25) is 0 Å². The number of fused-ring (bicyclic) bond motifs is 1. The van der Waals surface area contributed by atoms with Crippen molar-refractivity contribution in [2.45, 2.75) is 0 Å². The van der Waals surface area contributed by atoms with E-state index in [2.05, 4.69) is 26.5 Å². The van der Waals surface area contributed by atoms with Crippen molar-refractivity contribution in [3.8, 4) is 0 Å². The van der Waals surface area contributed by atoms with Crippen LogP contribution in [0.2, 0.25) is 0 Å². The number of halogens is 1. The van der Waals surface area contributed by atoms with Gasteiger partial charge < -0.3 is 4.90 Å². The lowest BCUT2D eigenvalue weighted by atomic mass is 10.2. The minimum absolute atomic E-state index is 0.00275. The second-order valence-electron chi connectivity index (χ2n) is 5.89. The molecule has 0 bridgehead atoms. The summed E-state index contributed by atoms with van der Waals surface area (Å²) in [5.74, 6) is -0.362. The molecule has 1 N–H and O–H groups in total. The Morgan fingerprint density at radius 2 is 2.04 bits per heavy atom. The fourth-order valence-corrected chi connectivity index (χ4v) is 4.13. The maximum absolute atomic E-state index is 12.3. The van der Waals surface area contributed by atoms with Crippen molar-refractivity contribution in [2.24, 2.45) is 5.10 Å². The van der Waals surface area contributed by atoms with Crippen LogP contribution in [0, 0.1) is 10.1 Å². The highest BCUT2D eigenvalue weighted by molar-refractivity contribution is 9.10. The van der Waals surface area contributed by atoms with E-state index < -0.39 is 4.92 Å². The molecule has 0 aliphatic carbocycles. The van der Waals surface area contributed by atoms with Gasteiger partial charge in [0.25, 0.3) is 11.6 Å². The van der Waals surface area contributed by atoms with Crippen molar-refractivity contribution >= 4 is 60.8 Å². The van der Waals surface area contributed by atoms with Crippen LogP contribution >= 0.6 is 27.3 Å². The molecule has 3 aromatic rings. The van der Waals surface area contributed by atoms with Gasteiger partial charge in [0, 0.05) is 40.8 Å². The number of hydrogen-bond acceptors (Lipinski definition) is 6. The summed E-state index contributed by atoms with van der Waals surface area (Å²) in [6.07, 6.45) is 1.56. The molecule has 3 rings (SSSR count). The number of carbonyl (C=O) groups is 1. The van der Waals surface area contributed by atoms with Crippen LogP contribution in [0.3, 0.4) is 0 Å². The van der Waals surface area contributed by atoms with Crippen molar-refractivity contribution in [3.63, 3.8) is 0 Å². The largest absolute Gasteiger partial charge is 0.377 e. The number of nitro benzene ring substituents is 1. The molecule has 0 radical (unpaired) electrons. The first-order valence-corrected chi connectivity index (χ1v) is 9.44. The van der Waals surface area contributed by atoms with Crippen LogP contribution in [0.5, 0.6) is 0 Å². The van der Waals surface area contributed by atoms with Crippen LogP contribution in [0.25, 0.3) is 10.1 Å². The average Bonchev–Trinajstić information content (AvgIpc) is 3.04. The Labute approximate surface area is 167 Å². The number of rotatable bonds is 5. The van der Waals surface area contributed by atoms with Crippen LogP contribution in [0.4, 0.5) is 11.4 Å². The summed E-state index contributed by atoms with van der Waals surface area (Å²) in [6, 6.07) is 11.9. The lowest BCUT2D eigenvalue weighted by molar-refractivity contribution is -0.384. The minimum Gasteiger partial charge on any atom is -0.377 e. The summed E-state index contributed by atoms with van der Waals surface area (Å²) >= 11 is 4.76. The van der Waals surface area contributed by atoms with Gasteiger partial charge in [-0.3, -0.25) is 14.9 Å². The minimum atomic E-state index is -0.457. The van der Waals surface area contributed by atoms with Gasteiger partial charge in [0.05, 0.1) is 21.7 Å². The van der Waals surface area contributed by atoms with E-state index in [1.54, 1.807) is 18.3 Å². The highest BCUT2D eigenvalue weighted by Crippen LogP contribution is 2.29. The van der Waals surface area contributed by atoms with Crippen LogP contribution in [-0.2, 0) is 0 Å². The van der Waals surface area contributed by atoms with Gasteiger partial charge in [-0.2, -0.15) is 5.10 Å². The van der Waals surface area contributed by atoms with Gasteiger partial charge in [0.15, 0.2) is 0 Å². The van der Waals surface area contributed by atoms with Crippen LogP contribution in [0.1, 0.15) is 15.2 Å². The van der Waals surface area contributed by atoms with Crippen molar-refractivity contribution in [3.05, 3.63) is 67.5 Å². The second kappa shape index (κ2) is 7.85. The number of non-ortho nitro benzene ring substituents is 1. The highest BCUT2D eigenvalue weighted by Gasteiger charge is 2.13.